The van der Waals surface area contributed by atoms with Gasteiger partial charge in [-0.1, -0.05) is 0 Å². The average Bonchev–Trinajstić information content (AvgIpc) is 2.80. The number of carbonyl (C=O) groups is 2. The molecule has 86 valence electrons. The Morgan fingerprint density at radius 2 is 2.06 bits per heavy atom. The van der Waals surface area contributed by atoms with Gasteiger partial charge in [0.2, 0.25) is 0 Å². The summed E-state index contributed by atoms with van der Waals surface area (Å²) in [6, 6.07) is 2.93. The standard InChI is InChI=1S/C10H12N2O4/c1-11-5-9(14)12(10(11)15)4-7-2-3-8(6-13)16-7/h2-3,13H,4-6H2,1H3. The molecule has 0 spiro atoms. The lowest BCUT2D eigenvalue weighted by Crippen LogP contribution is -2.30. The van der Waals surface area contributed by atoms with Crippen LogP contribution in [0.25, 0.3) is 0 Å². The number of hydrogen-bond acceptors (Lipinski definition) is 4. The van der Waals surface area contributed by atoms with Crippen molar-refractivity contribution in [3.05, 3.63) is 23.7 Å². The average molecular weight is 224 g/mol. The van der Waals surface area contributed by atoms with Crippen molar-refractivity contribution in [1.29, 1.82) is 0 Å². The summed E-state index contributed by atoms with van der Waals surface area (Å²) in [5, 5.41) is 8.81. The van der Waals surface area contributed by atoms with Crippen molar-refractivity contribution in [2.75, 3.05) is 13.6 Å². The molecule has 6 nitrogen and oxygen atoms in total. The first kappa shape index (κ1) is 10.7. The minimum Gasteiger partial charge on any atom is -0.462 e. The highest BCUT2D eigenvalue weighted by Gasteiger charge is 2.33. The summed E-state index contributed by atoms with van der Waals surface area (Å²) in [5.41, 5.74) is 0. The maximum Gasteiger partial charge on any atom is 0.327 e. The molecule has 6 heteroatoms. The Morgan fingerprint density at radius 1 is 1.38 bits per heavy atom. The molecule has 1 fully saturated rings. The molecule has 2 heterocycles. The summed E-state index contributed by atoms with van der Waals surface area (Å²) < 4.78 is 5.21. The van der Waals surface area contributed by atoms with Gasteiger partial charge in [0.05, 0.1) is 6.54 Å². The number of imide groups is 1. The van der Waals surface area contributed by atoms with Gasteiger partial charge in [0.15, 0.2) is 0 Å². The van der Waals surface area contributed by atoms with Crippen molar-refractivity contribution >= 4 is 11.9 Å². The third-order valence-corrected chi connectivity index (χ3v) is 2.42. The smallest absolute Gasteiger partial charge is 0.327 e. The van der Waals surface area contributed by atoms with Crippen molar-refractivity contribution < 1.29 is 19.1 Å². The van der Waals surface area contributed by atoms with Crippen LogP contribution in [0.5, 0.6) is 0 Å². The number of carbonyl (C=O) groups excluding carboxylic acids is 2. The number of furan rings is 1. The largest absolute Gasteiger partial charge is 0.462 e. The molecule has 1 aromatic heterocycles. The fraction of sp³-hybridized carbons (Fsp3) is 0.400. The fourth-order valence-corrected chi connectivity index (χ4v) is 1.57. The van der Waals surface area contributed by atoms with E-state index in [2.05, 4.69) is 0 Å². The van der Waals surface area contributed by atoms with Gasteiger partial charge in [-0.15, -0.1) is 0 Å². The minimum absolute atomic E-state index is 0.104. The van der Waals surface area contributed by atoms with Gasteiger partial charge >= 0.3 is 6.03 Å². The van der Waals surface area contributed by atoms with Gasteiger partial charge in [0.1, 0.15) is 24.7 Å². The monoisotopic (exact) mass is 224 g/mol. The Labute approximate surface area is 92.0 Å². The Morgan fingerprint density at radius 3 is 2.56 bits per heavy atom. The molecule has 1 N–H and O–H groups in total. The predicted molar refractivity (Wildman–Crippen MR) is 53.2 cm³/mol. The molecule has 1 saturated heterocycles. The van der Waals surface area contributed by atoms with Crippen LogP contribution in [-0.2, 0) is 17.9 Å². The SMILES string of the molecule is CN1CC(=O)N(Cc2ccc(CO)o2)C1=O. The third kappa shape index (κ3) is 1.79. The van der Waals surface area contributed by atoms with E-state index < -0.39 is 0 Å². The Hall–Kier alpha value is -1.82. The van der Waals surface area contributed by atoms with Crippen molar-refractivity contribution in [2.45, 2.75) is 13.2 Å². The number of hydrogen-bond donors (Lipinski definition) is 1. The molecule has 0 radical (unpaired) electrons. The Balaban J connectivity index is 2.09. The van der Waals surface area contributed by atoms with E-state index >= 15 is 0 Å². The number of aliphatic hydroxyl groups is 1. The Kier molecular flexibility index (Phi) is 2.66. The number of likely N-dealkylation sites (N-methyl/N-ethyl adjacent to an activating group) is 1. The van der Waals surface area contributed by atoms with E-state index in [-0.39, 0.29) is 31.6 Å². The molecule has 16 heavy (non-hydrogen) atoms. The first-order valence-electron chi connectivity index (χ1n) is 4.85. The zero-order chi connectivity index (χ0) is 11.7. The van der Waals surface area contributed by atoms with Crippen LogP contribution in [0.3, 0.4) is 0 Å². The summed E-state index contributed by atoms with van der Waals surface area (Å²) in [7, 11) is 1.57. The summed E-state index contributed by atoms with van der Waals surface area (Å²) >= 11 is 0. The van der Waals surface area contributed by atoms with Gasteiger partial charge < -0.3 is 14.4 Å². The summed E-state index contributed by atoms with van der Waals surface area (Å²) in [4.78, 5) is 25.5. The summed E-state index contributed by atoms with van der Waals surface area (Å²) in [6.07, 6.45) is 0. The van der Waals surface area contributed by atoms with Crippen LogP contribution in [0, 0.1) is 0 Å². The van der Waals surface area contributed by atoms with E-state index in [1.807, 2.05) is 0 Å². The topological polar surface area (TPSA) is 74.0 Å². The fourth-order valence-electron chi connectivity index (χ4n) is 1.57. The summed E-state index contributed by atoms with van der Waals surface area (Å²) in [5.74, 6) is 0.665. The van der Waals surface area contributed by atoms with E-state index in [1.54, 1.807) is 19.2 Å². The van der Waals surface area contributed by atoms with Gasteiger partial charge in [-0.25, -0.2) is 4.79 Å². The molecule has 3 amide bonds. The number of aliphatic hydroxyl groups excluding tert-OH is 1. The highest BCUT2D eigenvalue weighted by atomic mass is 16.4. The van der Waals surface area contributed by atoms with Gasteiger partial charge in [0.25, 0.3) is 5.91 Å². The molecule has 0 atom stereocenters. The number of nitrogens with zero attached hydrogens (tertiary/aromatic N) is 2. The van der Waals surface area contributed by atoms with Crippen LogP contribution in [0.4, 0.5) is 4.79 Å². The van der Waals surface area contributed by atoms with Gasteiger partial charge in [-0.2, -0.15) is 0 Å². The molecular weight excluding hydrogens is 212 g/mol. The van der Waals surface area contributed by atoms with E-state index in [0.717, 1.165) is 4.90 Å². The first-order valence-corrected chi connectivity index (χ1v) is 4.85. The normalized spacial score (nSPS) is 16.4. The van der Waals surface area contributed by atoms with Crippen LogP contribution in [0.15, 0.2) is 16.5 Å². The van der Waals surface area contributed by atoms with Crippen molar-refractivity contribution in [3.63, 3.8) is 0 Å². The van der Waals surface area contributed by atoms with E-state index in [4.69, 9.17) is 9.52 Å². The van der Waals surface area contributed by atoms with Crippen molar-refractivity contribution in [3.8, 4) is 0 Å². The number of amides is 3. The Bertz CT molecular complexity index is 426. The molecule has 0 saturated carbocycles. The van der Waals surface area contributed by atoms with Crippen LogP contribution < -0.4 is 0 Å². The highest BCUT2D eigenvalue weighted by molar-refractivity contribution is 6.01. The van der Waals surface area contributed by atoms with E-state index in [9.17, 15) is 9.59 Å². The van der Waals surface area contributed by atoms with Gasteiger partial charge in [-0.05, 0) is 12.1 Å². The zero-order valence-electron chi connectivity index (χ0n) is 8.84. The molecule has 1 aromatic rings. The molecule has 0 aliphatic carbocycles. The maximum absolute atomic E-state index is 11.5. The summed E-state index contributed by atoms with van der Waals surface area (Å²) in [6.45, 7) is 0.0240. The van der Waals surface area contributed by atoms with Crippen LogP contribution in [0.1, 0.15) is 11.5 Å². The lowest BCUT2D eigenvalue weighted by Gasteiger charge is -2.11. The second-order valence-electron chi connectivity index (χ2n) is 3.64. The van der Waals surface area contributed by atoms with Crippen molar-refractivity contribution in [1.82, 2.24) is 9.80 Å². The van der Waals surface area contributed by atoms with Crippen molar-refractivity contribution in [2.24, 2.45) is 0 Å². The quantitative estimate of drug-likeness (QED) is 0.742. The van der Waals surface area contributed by atoms with E-state index in [0.29, 0.717) is 11.5 Å². The third-order valence-electron chi connectivity index (χ3n) is 2.42. The van der Waals surface area contributed by atoms with E-state index in [1.165, 1.54) is 4.90 Å². The first-order chi connectivity index (χ1) is 7.61. The highest BCUT2D eigenvalue weighted by Crippen LogP contribution is 2.15. The molecule has 1 aliphatic rings. The maximum atomic E-state index is 11.5. The van der Waals surface area contributed by atoms with Gasteiger partial charge in [0, 0.05) is 7.05 Å². The lowest BCUT2D eigenvalue weighted by molar-refractivity contribution is -0.125. The predicted octanol–water partition coefficient (Wildman–Crippen LogP) is 0.166. The molecule has 1 aliphatic heterocycles. The second kappa shape index (κ2) is 3.97. The minimum atomic E-state index is -0.327. The number of urea groups is 1. The number of rotatable bonds is 3. The van der Waals surface area contributed by atoms with Crippen LogP contribution >= 0.6 is 0 Å². The molecule has 0 unspecified atom stereocenters. The second-order valence-corrected chi connectivity index (χ2v) is 3.64. The molecule has 2 rings (SSSR count). The lowest BCUT2D eigenvalue weighted by atomic mass is 10.4. The molecule has 0 bridgehead atoms. The van der Waals surface area contributed by atoms with Crippen LogP contribution in [0.2, 0.25) is 0 Å². The van der Waals surface area contributed by atoms with Gasteiger partial charge in [-0.3, -0.25) is 9.69 Å². The molecular formula is C10H12N2O4. The molecule has 0 aromatic carbocycles. The van der Waals surface area contributed by atoms with Crippen LogP contribution in [-0.4, -0.2) is 40.4 Å². The zero-order valence-corrected chi connectivity index (χ0v) is 8.84.